The third kappa shape index (κ3) is 3.78. The maximum Gasteiger partial charge on any atom is 0.244 e. The monoisotopic (exact) mass is 303 g/mol. The molecule has 1 N–H and O–H groups in total. The highest BCUT2D eigenvalue weighted by molar-refractivity contribution is 14.1. The van der Waals surface area contributed by atoms with Crippen LogP contribution in [0, 0.1) is 3.77 Å². The van der Waals surface area contributed by atoms with Crippen molar-refractivity contribution in [2.45, 2.75) is 0 Å². The molecule has 0 aromatic carbocycles. The van der Waals surface area contributed by atoms with E-state index in [9.17, 15) is 4.79 Å². The van der Waals surface area contributed by atoms with Crippen LogP contribution in [0.1, 0.15) is 5.76 Å². The average Bonchev–Trinajstić information content (AvgIpc) is 2.58. The highest BCUT2D eigenvalue weighted by atomic mass is 127. The van der Waals surface area contributed by atoms with Crippen LogP contribution in [0.5, 0.6) is 0 Å². The molecule has 0 fully saturated rings. The van der Waals surface area contributed by atoms with Gasteiger partial charge in [-0.2, -0.15) is 0 Å². The molecule has 0 aliphatic carbocycles. The van der Waals surface area contributed by atoms with Crippen molar-refractivity contribution < 1.29 is 9.21 Å². The molecule has 4 heteroatoms. The van der Waals surface area contributed by atoms with E-state index >= 15 is 0 Å². The van der Waals surface area contributed by atoms with Gasteiger partial charge in [-0.1, -0.05) is 6.08 Å². The maximum atomic E-state index is 11.1. The Hall–Kier alpha value is -1.04. The summed E-state index contributed by atoms with van der Waals surface area (Å²) in [6, 6.07) is 3.64. The molecule has 1 aromatic heterocycles. The fourth-order valence-corrected chi connectivity index (χ4v) is 1.24. The van der Waals surface area contributed by atoms with Crippen LogP contribution in [0.3, 0.4) is 0 Å². The van der Waals surface area contributed by atoms with Gasteiger partial charge in [0.05, 0.1) is 0 Å². The molecule has 0 spiro atoms. The molecule has 0 aliphatic rings. The predicted molar refractivity (Wildman–Crippen MR) is 63.7 cm³/mol. The Bertz CT molecular complexity index is 355. The van der Waals surface area contributed by atoms with Gasteiger partial charge >= 0.3 is 0 Å². The van der Waals surface area contributed by atoms with E-state index in [0.29, 0.717) is 12.3 Å². The fourth-order valence-electron chi connectivity index (χ4n) is 0.807. The van der Waals surface area contributed by atoms with Gasteiger partial charge < -0.3 is 9.73 Å². The van der Waals surface area contributed by atoms with E-state index in [-0.39, 0.29) is 5.91 Å². The van der Waals surface area contributed by atoms with Crippen LogP contribution in [0.2, 0.25) is 0 Å². The molecule has 1 aromatic rings. The lowest BCUT2D eigenvalue weighted by atomic mass is 10.4. The van der Waals surface area contributed by atoms with Crippen LogP contribution in [0.4, 0.5) is 0 Å². The molecular weight excluding hydrogens is 293 g/mol. The van der Waals surface area contributed by atoms with Gasteiger partial charge in [-0.3, -0.25) is 4.79 Å². The third-order valence-corrected chi connectivity index (χ3v) is 1.99. The Balaban J connectivity index is 2.47. The normalized spacial score (nSPS) is 10.4. The molecule has 0 saturated carbocycles. The van der Waals surface area contributed by atoms with Gasteiger partial charge in [0, 0.05) is 12.6 Å². The maximum absolute atomic E-state index is 11.1. The number of rotatable bonds is 4. The Labute approximate surface area is 96.0 Å². The second kappa shape index (κ2) is 5.64. The molecule has 0 saturated heterocycles. The molecule has 1 rings (SSSR count). The summed E-state index contributed by atoms with van der Waals surface area (Å²) in [6.07, 6.45) is 4.68. The molecule has 14 heavy (non-hydrogen) atoms. The lowest BCUT2D eigenvalue weighted by Gasteiger charge is -1.93. The second-order valence-electron chi connectivity index (χ2n) is 2.51. The molecule has 0 unspecified atom stereocenters. The molecule has 1 heterocycles. The molecule has 0 bridgehead atoms. The van der Waals surface area contributed by atoms with Crippen LogP contribution >= 0.6 is 22.6 Å². The van der Waals surface area contributed by atoms with Gasteiger partial charge in [-0.15, -0.1) is 6.58 Å². The van der Waals surface area contributed by atoms with Crippen molar-refractivity contribution in [3.63, 3.8) is 0 Å². The number of carbonyl (C=O) groups is 1. The second-order valence-corrected chi connectivity index (χ2v) is 3.57. The molecule has 0 atom stereocenters. The third-order valence-electron chi connectivity index (χ3n) is 1.41. The summed E-state index contributed by atoms with van der Waals surface area (Å²) in [5.41, 5.74) is 0. The van der Waals surface area contributed by atoms with Gasteiger partial charge in [-0.25, -0.2) is 0 Å². The number of nitrogens with one attached hydrogen (secondary N) is 1. The van der Waals surface area contributed by atoms with Crippen molar-refractivity contribution in [2.24, 2.45) is 0 Å². The van der Waals surface area contributed by atoms with Gasteiger partial charge in [0.25, 0.3) is 0 Å². The molecule has 74 valence electrons. The van der Waals surface area contributed by atoms with E-state index in [0.717, 1.165) is 3.77 Å². The SMILES string of the molecule is C=CCNC(=O)C=Cc1ccc(I)o1. The highest BCUT2D eigenvalue weighted by Gasteiger charge is 1.95. The zero-order chi connectivity index (χ0) is 10.4. The van der Waals surface area contributed by atoms with Crippen molar-refractivity contribution in [3.8, 4) is 0 Å². The number of furan rings is 1. The Morgan fingerprint density at radius 1 is 1.64 bits per heavy atom. The van der Waals surface area contributed by atoms with Crippen molar-refractivity contribution in [3.05, 3.63) is 40.4 Å². The van der Waals surface area contributed by atoms with E-state index < -0.39 is 0 Å². The van der Waals surface area contributed by atoms with Gasteiger partial charge in [-0.05, 0) is 40.8 Å². The van der Waals surface area contributed by atoms with E-state index in [1.807, 2.05) is 6.07 Å². The van der Waals surface area contributed by atoms with Gasteiger partial charge in [0.2, 0.25) is 5.91 Å². The summed E-state index contributed by atoms with van der Waals surface area (Å²) in [7, 11) is 0. The smallest absolute Gasteiger partial charge is 0.244 e. The van der Waals surface area contributed by atoms with E-state index in [1.165, 1.54) is 6.08 Å². The summed E-state index contributed by atoms with van der Waals surface area (Å²) in [4.78, 5) is 11.1. The Kier molecular flexibility index (Phi) is 4.45. The number of carbonyl (C=O) groups excluding carboxylic acids is 1. The topological polar surface area (TPSA) is 42.2 Å². The quantitative estimate of drug-likeness (QED) is 0.526. The van der Waals surface area contributed by atoms with E-state index in [1.54, 1.807) is 18.2 Å². The summed E-state index contributed by atoms with van der Waals surface area (Å²) < 4.78 is 6.04. The molecule has 0 radical (unpaired) electrons. The molecule has 0 aliphatic heterocycles. The summed E-state index contributed by atoms with van der Waals surface area (Å²) in [6.45, 7) is 3.97. The lowest BCUT2D eigenvalue weighted by molar-refractivity contribution is -0.116. The minimum absolute atomic E-state index is 0.156. The largest absolute Gasteiger partial charge is 0.451 e. The zero-order valence-electron chi connectivity index (χ0n) is 7.50. The minimum Gasteiger partial charge on any atom is -0.451 e. The van der Waals surface area contributed by atoms with Gasteiger partial charge in [0.1, 0.15) is 5.76 Å². The van der Waals surface area contributed by atoms with Crippen LogP contribution < -0.4 is 5.32 Å². The minimum atomic E-state index is -0.156. The van der Waals surface area contributed by atoms with Crippen LogP contribution in [-0.4, -0.2) is 12.5 Å². The first-order valence-corrected chi connectivity index (χ1v) is 5.12. The van der Waals surface area contributed by atoms with Crippen LogP contribution in [-0.2, 0) is 4.79 Å². The number of hydrogen-bond acceptors (Lipinski definition) is 2. The zero-order valence-corrected chi connectivity index (χ0v) is 9.65. The van der Waals surface area contributed by atoms with Crippen molar-refractivity contribution in [1.82, 2.24) is 5.32 Å². The Morgan fingerprint density at radius 2 is 2.43 bits per heavy atom. The number of hydrogen-bond donors (Lipinski definition) is 1. The van der Waals surface area contributed by atoms with E-state index in [4.69, 9.17) is 4.42 Å². The van der Waals surface area contributed by atoms with Crippen molar-refractivity contribution in [2.75, 3.05) is 6.54 Å². The first kappa shape index (κ1) is 11.0. The predicted octanol–water partition coefficient (Wildman–Crippen LogP) is 2.20. The van der Waals surface area contributed by atoms with Crippen LogP contribution in [0.15, 0.2) is 35.3 Å². The highest BCUT2D eigenvalue weighted by Crippen LogP contribution is 2.10. The van der Waals surface area contributed by atoms with Gasteiger partial charge in [0.15, 0.2) is 3.77 Å². The lowest BCUT2D eigenvalue weighted by Crippen LogP contribution is -2.20. The summed E-state index contributed by atoms with van der Waals surface area (Å²) in [5.74, 6) is 0.513. The average molecular weight is 303 g/mol. The summed E-state index contributed by atoms with van der Waals surface area (Å²) in [5, 5.41) is 2.62. The summed E-state index contributed by atoms with van der Waals surface area (Å²) >= 11 is 2.07. The molecular formula is C10H10INO2. The van der Waals surface area contributed by atoms with E-state index in [2.05, 4.69) is 34.5 Å². The van der Waals surface area contributed by atoms with Crippen molar-refractivity contribution in [1.29, 1.82) is 0 Å². The first-order valence-electron chi connectivity index (χ1n) is 4.04. The van der Waals surface area contributed by atoms with Crippen molar-refractivity contribution >= 4 is 34.6 Å². The van der Waals surface area contributed by atoms with Crippen LogP contribution in [0.25, 0.3) is 6.08 Å². The number of halogens is 1. The fraction of sp³-hybridized carbons (Fsp3) is 0.100. The molecule has 1 amide bonds. The standard InChI is InChI=1S/C10H10INO2/c1-2-7-12-10(13)6-4-8-3-5-9(11)14-8/h2-6H,1,7H2,(H,12,13). The molecule has 3 nitrogen and oxygen atoms in total. The first-order chi connectivity index (χ1) is 6.72. The number of amides is 1. The Morgan fingerprint density at radius 3 is 3.00 bits per heavy atom.